The molecule has 0 amide bonds. The zero-order valence-electron chi connectivity index (χ0n) is 27.6. The molecule has 2 heteroatoms. The number of allylic oxidation sites excluding steroid dienone is 10. The van der Waals surface area contributed by atoms with E-state index in [0.717, 1.165) is 0 Å². The molecule has 0 N–H and O–H groups in total. The molecule has 2 aliphatic rings. The van der Waals surface area contributed by atoms with Gasteiger partial charge in [-0.1, -0.05) is 116 Å². The van der Waals surface area contributed by atoms with Crippen molar-refractivity contribution in [3.63, 3.8) is 0 Å². The average Bonchev–Trinajstić information content (AvgIpc) is 3.02. The molecule has 0 radical (unpaired) electrons. The van der Waals surface area contributed by atoms with Gasteiger partial charge in [-0.05, 0) is 105 Å². The molecular weight excluding hydrogens is 532 g/mol. The first-order chi connectivity index (χ1) is 21.1. The lowest BCUT2D eigenvalue weighted by atomic mass is 9.88. The van der Waals surface area contributed by atoms with Crippen molar-refractivity contribution in [2.45, 2.75) is 55.4 Å². The minimum Gasteiger partial charge on any atom is -0.317 e. The smallest absolute Gasteiger partial charge is 0.0461 e. The van der Waals surface area contributed by atoms with E-state index < -0.39 is 0 Å². The number of hydrogen-bond acceptors (Lipinski definition) is 2. The molecule has 0 saturated carbocycles. The van der Waals surface area contributed by atoms with Crippen LogP contribution in [0.2, 0.25) is 0 Å². The van der Waals surface area contributed by atoms with Gasteiger partial charge in [0.25, 0.3) is 0 Å². The molecule has 0 fully saturated rings. The molecule has 0 aliphatic carbocycles. The lowest BCUT2D eigenvalue weighted by Gasteiger charge is -2.39. The molecule has 224 valence electrons. The summed E-state index contributed by atoms with van der Waals surface area (Å²) < 4.78 is 0. The van der Waals surface area contributed by atoms with Crippen LogP contribution in [0.1, 0.15) is 55.4 Å². The van der Waals surface area contributed by atoms with Crippen molar-refractivity contribution < 1.29 is 0 Å². The van der Waals surface area contributed by atoms with Crippen LogP contribution < -0.4 is 9.80 Å². The predicted octanol–water partition coefficient (Wildman–Crippen LogP) is 11.8. The van der Waals surface area contributed by atoms with Crippen molar-refractivity contribution in [1.29, 1.82) is 0 Å². The van der Waals surface area contributed by atoms with Crippen LogP contribution in [0.3, 0.4) is 0 Å². The van der Waals surface area contributed by atoms with Crippen LogP contribution in [0.4, 0.5) is 11.4 Å². The van der Waals surface area contributed by atoms with E-state index in [2.05, 4.69) is 174 Å². The molecule has 0 atom stereocenters. The molecule has 0 aromatic heterocycles. The Morgan fingerprint density at radius 3 is 0.955 bits per heavy atom. The molecule has 2 heterocycles. The van der Waals surface area contributed by atoms with Gasteiger partial charge in [-0.25, -0.2) is 0 Å². The third-order valence-corrected chi connectivity index (χ3v) is 8.93. The molecule has 2 nitrogen and oxygen atoms in total. The highest BCUT2D eigenvalue weighted by atomic mass is 15.2. The summed E-state index contributed by atoms with van der Waals surface area (Å²) in [7, 11) is 0. The fourth-order valence-corrected chi connectivity index (χ4v) is 6.54. The fraction of sp³-hybridized carbons (Fsp3) is 0.286. The standard InChI is InChI=1S/C42H46N2/c1-27(2)39-23-35(24-40(28(3)4)43(39)37-19-17-31-13-9-11-15-33(31)21-37)36-25-41(29(5)6)44(42(26-36)30(7)8)38-20-18-32-14-10-12-16-34(32)22-38/h9-30H,1-8H3. The van der Waals surface area contributed by atoms with E-state index in [9.17, 15) is 0 Å². The summed E-state index contributed by atoms with van der Waals surface area (Å²) in [6.45, 7) is 18.5. The Morgan fingerprint density at radius 2 is 0.659 bits per heavy atom. The molecule has 4 aromatic rings. The summed E-state index contributed by atoms with van der Waals surface area (Å²) in [5.74, 6) is 1.44. The first kappa shape index (κ1) is 29.8. The van der Waals surface area contributed by atoms with E-state index >= 15 is 0 Å². The SMILES string of the molecule is CC(C)C1=CC(=C2C=C(C(C)C)N(c3ccc4ccccc4c3)C(C(C)C)=C2)C=C(C(C)C)N1c1ccc2ccccc2c1. The Morgan fingerprint density at radius 1 is 0.364 bits per heavy atom. The molecule has 6 rings (SSSR count). The second-order valence-corrected chi connectivity index (χ2v) is 13.5. The van der Waals surface area contributed by atoms with E-state index in [-0.39, 0.29) is 0 Å². The molecular formula is C42H46N2. The third-order valence-electron chi connectivity index (χ3n) is 8.93. The Labute approximate surface area is 264 Å². The molecule has 0 bridgehead atoms. The number of nitrogens with zero attached hydrogens (tertiary/aromatic N) is 2. The lowest BCUT2D eigenvalue weighted by molar-refractivity contribution is 0.667. The van der Waals surface area contributed by atoms with Gasteiger partial charge in [0.15, 0.2) is 0 Å². The van der Waals surface area contributed by atoms with Crippen LogP contribution in [-0.2, 0) is 0 Å². The maximum absolute atomic E-state index is 2.51. The average molecular weight is 579 g/mol. The first-order valence-electron chi connectivity index (χ1n) is 16.3. The van der Waals surface area contributed by atoms with Gasteiger partial charge in [0.1, 0.15) is 0 Å². The zero-order valence-corrected chi connectivity index (χ0v) is 27.6. The zero-order chi connectivity index (χ0) is 31.1. The van der Waals surface area contributed by atoms with Gasteiger partial charge in [-0.15, -0.1) is 0 Å². The number of hydrogen-bond donors (Lipinski definition) is 0. The molecule has 0 spiro atoms. The Kier molecular flexibility index (Phi) is 8.12. The first-order valence-corrected chi connectivity index (χ1v) is 16.3. The summed E-state index contributed by atoms with van der Waals surface area (Å²) in [6.07, 6.45) is 9.76. The topological polar surface area (TPSA) is 6.48 Å². The predicted molar refractivity (Wildman–Crippen MR) is 192 cm³/mol. The second-order valence-electron chi connectivity index (χ2n) is 13.5. The molecule has 0 saturated heterocycles. The van der Waals surface area contributed by atoms with E-state index in [1.54, 1.807) is 0 Å². The largest absolute Gasteiger partial charge is 0.317 e. The highest BCUT2D eigenvalue weighted by Gasteiger charge is 2.29. The van der Waals surface area contributed by atoms with Crippen molar-refractivity contribution in [3.8, 4) is 0 Å². The van der Waals surface area contributed by atoms with E-state index in [0.29, 0.717) is 23.7 Å². The fourth-order valence-electron chi connectivity index (χ4n) is 6.54. The number of fused-ring (bicyclic) bond motifs is 2. The van der Waals surface area contributed by atoms with Crippen LogP contribution in [0, 0.1) is 23.7 Å². The summed E-state index contributed by atoms with van der Waals surface area (Å²) in [6, 6.07) is 31.1. The van der Waals surface area contributed by atoms with Crippen LogP contribution in [-0.4, -0.2) is 0 Å². The van der Waals surface area contributed by atoms with Gasteiger partial charge in [0.2, 0.25) is 0 Å². The van der Waals surface area contributed by atoms with Gasteiger partial charge in [0, 0.05) is 34.2 Å². The Balaban J connectivity index is 1.52. The quantitative estimate of drug-likeness (QED) is 0.224. The van der Waals surface area contributed by atoms with Crippen LogP contribution >= 0.6 is 0 Å². The number of rotatable bonds is 6. The Bertz CT molecular complexity index is 1680. The minimum absolute atomic E-state index is 0.360. The molecule has 44 heavy (non-hydrogen) atoms. The lowest BCUT2D eigenvalue weighted by Crippen LogP contribution is -2.31. The summed E-state index contributed by atoms with van der Waals surface area (Å²) >= 11 is 0. The van der Waals surface area contributed by atoms with E-state index in [1.165, 1.54) is 66.9 Å². The van der Waals surface area contributed by atoms with Crippen molar-refractivity contribution in [3.05, 3.63) is 143 Å². The van der Waals surface area contributed by atoms with Gasteiger partial charge < -0.3 is 9.80 Å². The van der Waals surface area contributed by atoms with E-state index in [1.807, 2.05) is 0 Å². The number of benzene rings is 4. The monoisotopic (exact) mass is 578 g/mol. The van der Waals surface area contributed by atoms with Gasteiger partial charge in [-0.3, -0.25) is 0 Å². The minimum atomic E-state index is 0.360. The number of anilines is 2. The summed E-state index contributed by atoms with van der Waals surface area (Å²) in [5.41, 5.74) is 10.4. The molecule has 2 aliphatic heterocycles. The highest BCUT2D eigenvalue weighted by molar-refractivity contribution is 5.88. The highest BCUT2D eigenvalue weighted by Crippen LogP contribution is 2.42. The van der Waals surface area contributed by atoms with Crippen molar-refractivity contribution in [2.75, 3.05) is 9.80 Å². The maximum Gasteiger partial charge on any atom is 0.0461 e. The Hall–Kier alpha value is -4.30. The third kappa shape index (κ3) is 5.54. The van der Waals surface area contributed by atoms with Gasteiger partial charge in [0.05, 0.1) is 0 Å². The van der Waals surface area contributed by atoms with Crippen molar-refractivity contribution >= 4 is 32.9 Å². The molecule has 4 aromatic carbocycles. The summed E-state index contributed by atoms with van der Waals surface area (Å²) in [5, 5.41) is 5.10. The second kappa shape index (κ2) is 12.0. The van der Waals surface area contributed by atoms with Crippen LogP contribution in [0.25, 0.3) is 21.5 Å². The van der Waals surface area contributed by atoms with E-state index in [4.69, 9.17) is 0 Å². The van der Waals surface area contributed by atoms with Crippen molar-refractivity contribution in [2.24, 2.45) is 23.7 Å². The summed E-state index contributed by atoms with van der Waals surface area (Å²) in [4.78, 5) is 5.02. The normalized spacial score (nSPS) is 16.0. The van der Waals surface area contributed by atoms with Gasteiger partial charge in [-0.2, -0.15) is 0 Å². The van der Waals surface area contributed by atoms with Crippen molar-refractivity contribution in [1.82, 2.24) is 0 Å². The van der Waals surface area contributed by atoms with Crippen LogP contribution in [0.5, 0.6) is 0 Å². The molecule has 0 unspecified atom stereocenters. The van der Waals surface area contributed by atoms with Crippen LogP contribution in [0.15, 0.2) is 143 Å². The van der Waals surface area contributed by atoms with Gasteiger partial charge >= 0.3 is 0 Å². The maximum atomic E-state index is 2.51.